The van der Waals surface area contributed by atoms with Crippen molar-refractivity contribution in [1.82, 2.24) is 10.3 Å². The molecule has 4 nitrogen and oxygen atoms in total. The van der Waals surface area contributed by atoms with E-state index in [0.29, 0.717) is 13.0 Å². The van der Waals surface area contributed by atoms with E-state index in [2.05, 4.69) is 10.3 Å². The molecule has 1 atom stereocenters. The third-order valence-electron chi connectivity index (χ3n) is 2.39. The Morgan fingerprint density at radius 1 is 1.59 bits per heavy atom. The minimum absolute atomic E-state index is 0.0792. The predicted octanol–water partition coefficient (Wildman–Crippen LogP) is 1.46. The van der Waals surface area contributed by atoms with Crippen molar-refractivity contribution in [3.8, 4) is 0 Å². The van der Waals surface area contributed by atoms with Crippen LogP contribution in [0.5, 0.6) is 0 Å². The van der Waals surface area contributed by atoms with Crippen LogP contribution in [0.1, 0.15) is 22.0 Å². The number of aromatic nitrogens is 1. The van der Waals surface area contributed by atoms with Crippen LogP contribution in [0.3, 0.4) is 0 Å². The summed E-state index contributed by atoms with van der Waals surface area (Å²) in [5.41, 5.74) is 6.76. The van der Waals surface area contributed by atoms with Gasteiger partial charge >= 0.3 is 0 Å². The van der Waals surface area contributed by atoms with E-state index in [1.165, 1.54) is 0 Å². The molecule has 96 valence electrons. The molecule has 0 aliphatic rings. The summed E-state index contributed by atoms with van der Waals surface area (Å²) >= 11 is 3.31. The van der Waals surface area contributed by atoms with Crippen LogP contribution in [0.2, 0.25) is 0 Å². The molecular weight excluding hydrogens is 254 g/mol. The third-order valence-corrected chi connectivity index (χ3v) is 4.11. The molecule has 0 bridgehead atoms. The first-order chi connectivity index (χ1) is 8.04. The number of thiazole rings is 1. The van der Waals surface area contributed by atoms with Crippen LogP contribution in [0.25, 0.3) is 0 Å². The first-order valence-corrected chi connectivity index (χ1v) is 7.70. The van der Waals surface area contributed by atoms with Gasteiger partial charge in [-0.15, -0.1) is 11.3 Å². The first-order valence-electron chi connectivity index (χ1n) is 5.49. The second-order valence-corrected chi connectivity index (χ2v) is 6.12. The van der Waals surface area contributed by atoms with Crippen molar-refractivity contribution in [2.75, 3.05) is 12.0 Å². The Morgan fingerprint density at radius 3 is 2.82 bits per heavy atom. The Bertz CT molecular complexity index is 379. The number of nitrogens with zero attached hydrogens (tertiary/aromatic N) is 1. The summed E-state index contributed by atoms with van der Waals surface area (Å²) in [6, 6.07) is -0.406. The largest absolute Gasteiger partial charge is 0.350 e. The van der Waals surface area contributed by atoms with E-state index in [1.54, 1.807) is 23.1 Å². The van der Waals surface area contributed by atoms with Crippen molar-refractivity contribution in [1.29, 1.82) is 0 Å². The second-order valence-electron chi connectivity index (χ2n) is 3.85. The lowest BCUT2D eigenvalue weighted by atomic mass is 10.2. The molecule has 1 heterocycles. The standard InChI is InChI=1S/C11H19N3OS2/c1-7-10(17-8(2)14-7)6-13-11(15)9(12)4-5-16-3/h9H,4-6,12H2,1-3H3,(H,13,15)/t9-/m0/s1. The van der Waals surface area contributed by atoms with Crippen molar-refractivity contribution in [3.63, 3.8) is 0 Å². The van der Waals surface area contributed by atoms with Crippen LogP contribution in [-0.4, -0.2) is 28.9 Å². The van der Waals surface area contributed by atoms with E-state index in [4.69, 9.17) is 5.73 Å². The van der Waals surface area contributed by atoms with E-state index in [0.717, 1.165) is 21.3 Å². The van der Waals surface area contributed by atoms with Crippen LogP contribution >= 0.6 is 23.1 Å². The van der Waals surface area contributed by atoms with Crippen LogP contribution in [0.15, 0.2) is 0 Å². The Morgan fingerprint density at radius 2 is 2.29 bits per heavy atom. The number of nitrogens with one attached hydrogen (secondary N) is 1. The summed E-state index contributed by atoms with van der Waals surface area (Å²) in [4.78, 5) is 17.1. The van der Waals surface area contributed by atoms with Crippen molar-refractivity contribution in [2.45, 2.75) is 32.9 Å². The van der Waals surface area contributed by atoms with E-state index in [1.807, 2.05) is 20.1 Å². The van der Waals surface area contributed by atoms with Crippen LogP contribution in [-0.2, 0) is 11.3 Å². The zero-order valence-electron chi connectivity index (χ0n) is 10.4. The fourth-order valence-electron chi connectivity index (χ4n) is 1.41. The van der Waals surface area contributed by atoms with Gasteiger partial charge in [-0.2, -0.15) is 11.8 Å². The molecule has 0 spiro atoms. The number of hydrogen-bond acceptors (Lipinski definition) is 5. The summed E-state index contributed by atoms with van der Waals surface area (Å²) in [6.45, 7) is 4.45. The maximum Gasteiger partial charge on any atom is 0.237 e. The van der Waals surface area contributed by atoms with Crippen molar-refractivity contribution in [2.24, 2.45) is 5.73 Å². The summed E-state index contributed by atoms with van der Waals surface area (Å²) in [5, 5.41) is 3.89. The maximum atomic E-state index is 11.7. The molecule has 0 aromatic carbocycles. The van der Waals surface area contributed by atoms with Gasteiger partial charge in [0.15, 0.2) is 0 Å². The second kappa shape index (κ2) is 6.98. The number of aryl methyl sites for hydroxylation is 2. The molecule has 1 aromatic heterocycles. The van der Waals surface area contributed by atoms with E-state index in [-0.39, 0.29) is 5.91 Å². The first kappa shape index (κ1) is 14.5. The number of hydrogen-bond donors (Lipinski definition) is 2. The number of nitrogens with two attached hydrogens (primary N) is 1. The summed E-state index contributed by atoms with van der Waals surface area (Å²) in [7, 11) is 0. The molecule has 1 amide bonds. The zero-order chi connectivity index (χ0) is 12.8. The number of rotatable bonds is 6. The van der Waals surface area contributed by atoms with Gasteiger partial charge < -0.3 is 11.1 Å². The number of carbonyl (C=O) groups excluding carboxylic acids is 1. The van der Waals surface area contributed by atoms with Crippen LogP contribution in [0, 0.1) is 13.8 Å². The molecule has 1 aromatic rings. The van der Waals surface area contributed by atoms with Crippen LogP contribution < -0.4 is 11.1 Å². The van der Waals surface area contributed by atoms with Gasteiger partial charge in [-0.3, -0.25) is 4.79 Å². The highest BCUT2D eigenvalue weighted by Gasteiger charge is 2.13. The molecule has 0 saturated carbocycles. The lowest BCUT2D eigenvalue weighted by molar-refractivity contribution is -0.122. The molecule has 0 fully saturated rings. The number of carbonyl (C=O) groups is 1. The van der Waals surface area contributed by atoms with Gasteiger partial charge in [-0.25, -0.2) is 4.98 Å². The molecule has 1 rings (SSSR count). The minimum atomic E-state index is -0.406. The van der Waals surface area contributed by atoms with Crippen LogP contribution in [0.4, 0.5) is 0 Å². The molecule has 0 saturated heterocycles. The van der Waals surface area contributed by atoms with Gasteiger partial charge in [-0.05, 0) is 32.3 Å². The minimum Gasteiger partial charge on any atom is -0.350 e. The quantitative estimate of drug-likeness (QED) is 0.823. The van der Waals surface area contributed by atoms with Gasteiger partial charge in [0.1, 0.15) is 0 Å². The number of amides is 1. The van der Waals surface area contributed by atoms with Crippen molar-refractivity contribution < 1.29 is 4.79 Å². The molecule has 0 aliphatic heterocycles. The molecule has 6 heteroatoms. The molecule has 17 heavy (non-hydrogen) atoms. The monoisotopic (exact) mass is 273 g/mol. The fraction of sp³-hybridized carbons (Fsp3) is 0.636. The SMILES string of the molecule is CSCC[C@H](N)C(=O)NCc1sc(C)nc1C. The molecule has 0 aliphatic carbocycles. The Labute approximate surface area is 110 Å². The smallest absolute Gasteiger partial charge is 0.237 e. The zero-order valence-corrected chi connectivity index (χ0v) is 12.1. The average Bonchev–Trinajstić information content (AvgIpc) is 2.61. The third kappa shape index (κ3) is 4.65. The van der Waals surface area contributed by atoms with Gasteiger partial charge in [0, 0.05) is 4.88 Å². The highest BCUT2D eigenvalue weighted by Crippen LogP contribution is 2.16. The molecule has 3 N–H and O–H groups in total. The Balaban J connectivity index is 2.40. The average molecular weight is 273 g/mol. The lowest BCUT2D eigenvalue weighted by Gasteiger charge is -2.10. The predicted molar refractivity (Wildman–Crippen MR) is 74.4 cm³/mol. The van der Waals surface area contributed by atoms with E-state index in [9.17, 15) is 4.79 Å². The van der Waals surface area contributed by atoms with Gasteiger partial charge in [0.05, 0.1) is 23.3 Å². The van der Waals surface area contributed by atoms with Crippen molar-refractivity contribution >= 4 is 29.0 Å². The summed E-state index contributed by atoms with van der Waals surface area (Å²) in [6.07, 6.45) is 2.72. The summed E-state index contributed by atoms with van der Waals surface area (Å²) < 4.78 is 0. The van der Waals surface area contributed by atoms with Gasteiger partial charge in [0.2, 0.25) is 5.91 Å². The van der Waals surface area contributed by atoms with Gasteiger partial charge in [-0.1, -0.05) is 0 Å². The molecular formula is C11H19N3OS2. The topological polar surface area (TPSA) is 68.0 Å². The highest BCUT2D eigenvalue weighted by atomic mass is 32.2. The molecule has 0 unspecified atom stereocenters. The van der Waals surface area contributed by atoms with E-state index >= 15 is 0 Å². The number of thioether (sulfide) groups is 1. The Hall–Kier alpha value is -0.590. The van der Waals surface area contributed by atoms with Crippen molar-refractivity contribution in [3.05, 3.63) is 15.6 Å². The van der Waals surface area contributed by atoms with E-state index < -0.39 is 6.04 Å². The lowest BCUT2D eigenvalue weighted by Crippen LogP contribution is -2.40. The summed E-state index contributed by atoms with van der Waals surface area (Å²) in [5.74, 6) is 0.831. The Kier molecular flexibility index (Phi) is 5.94. The molecule has 0 radical (unpaired) electrons. The highest BCUT2D eigenvalue weighted by molar-refractivity contribution is 7.98. The maximum absolute atomic E-state index is 11.7. The normalized spacial score (nSPS) is 12.5. The fourth-order valence-corrected chi connectivity index (χ4v) is 2.78. The van der Waals surface area contributed by atoms with Gasteiger partial charge in [0.25, 0.3) is 0 Å².